The van der Waals surface area contributed by atoms with Crippen molar-refractivity contribution in [3.8, 4) is 6.07 Å². The SMILES string of the molecule is COC(=O)Cc1c(C(F)F)cnc([N+](=O)[O-])c1C#N. The van der Waals surface area contributed by atoms with Crippen molar-refractivity contribution in [2.75, 3.05) is 7.11 Å². The molecule has 0 spiro atoms. The zero-order valence-corrected chi connectivity index (χ0v) is 9.59. The van der Waals surface area contributed by atoms with E-state index in [9.17, 15) is 23.7 Å². The minimum Gasteiger partial charge on any atom is -0.469 e. The van der Waals surface area contributed by atoms with Gasteiger partial charge in [0.2, 0.25) is 0 Å². The van der Waals surface area contributed by atoms with Crippen LogP contribution in [0.2, 0.25) is 0 Å². The fourth-order valence-corrected chi connectivity index (χ4v) is 1.40. The quantitative estimate of drug-likeness (QED) is 0.466. The maximum Gasteiger partial charge on any atom is 0.381 e. The Morgan fingerprint density at radius 2 is 2.32 bits per heavy atom. The molecule has 19 heavy (non-hydrogen) atoms. The van der Waals surface area contributed by atoms with Crippen molar-refractivity contribution in [1.82, 2.24) is 4.98 Å². The average Bonchev–Trinajstić information content (AvgIpc) is 2.37. The second-order valence-electron chi connectivity index (χ2n) is 3.31. The summed E-state index contributed by atoms with van der Waals surface area (Å²) in [5.41, 5.74) is -1.80. The monoisotopic (exact) mass is 271 g/mol. The summed E-state index contributed by atoms with van der Waals surface area (Å²) in [6.07, 6.45) is -3.09. The maximum atomic E-state index is 12.8. The van der Waals surface area contributed by atoms with Crippen molar-refractivity contribution in [2.45, 2.75) is 12.8 Å². The second-order valence-corrected chi connectivity index (χ2v) is 3.31. The minimum absolute atomic E-state index is 0.439. The standard InChI is InChI=1S/C10H7F2N3O4/c1-19-8(16)2-5-6(3-13)10(15(17)18)14-4-7(5)9(11)12/h4,9H,2H2,1H3. The molecule has 1 aromatic rings. The fourth-order valence-electron chi connectivity index (χ4n) is 1.40. The Morgan fingerprint density at radius 3 is 2.74 bits per heavy atom. The highest BCUT2D eigenvalue weighted by Gasteiger charge is 2.28. The number of esters is 1. The van der Waals surface area contributed by atoms with Gasteiger partial charge in [-0.05, 0) is 9.91 Å². The molecule has 1 aromatic heterocycles. The molecule has 0 aliphatic rings. The minimum atomic E-state index is -3.01. The summed E-state index contributed by atoms with van der Waals surface area (Å²) in [7, 11) is 1.03. The van der Waals surface area contributed by atoms with Crippen molar-refractivity contribution < 1.29 is 23.2 Å². The third-order valence-corrected chi connectivity index (χ3v) is 2.27. The number of nitrogens with zero attached hydrogens (tertiary/aromatic N) is 3. The molecule has 1 heterocycles. The second kappa shape index (κ2) is 5.81. The third kappa shape index (κ3) is 2.98. The first kappa shape index (κ1) is 14.4. The van der Waals surface area contributed by atoms with Crippen molar-refractivity contribution in [3.05, 3.63) is 33.0 Å². The summed E-state index contributed by atoms with van der Waals surface area (Å²) >= 11 is 0. The third-order valence-electron chi connectivity index (χ3n) is 2.27. The Hall–Kier alpha value is -2.63. The Labute approximate surface area is 105 Å². The van der Waals surface area contributed by atoms with Crippen LogP contribution in [0.1, 0.15) is 23.1 Å². The van der Waals surface area contributed by atoms with Crippen LogP contribution < -0.4 is 0 Å². The van der Waals surface area contributed by atoms with Crippen LogP contribution in [0.25, 0.3) is 0 Å². The molecule has 0 bridgehead atoms. The van der Waals surface area contributed by atoms with Crippen molar-refractivity contribution in [3.63, 3.8) is 0 Å². The van der Waals surface area contributed by atoms with Crippen LogP contribution in [0.5, 0.6) is 0 Å². The van der Waals surface area contributed by atoms with E-state index in [1.54, 1.807) is 0 Å². The molecule has 0 saturated carbocycles. The highest BCUT2D eigenvalue weighted by molar-refractivity contribution is 5.75. The molecule has 100 valence electrons. The Morgan fingerprint density at radius 1 is 1.68 bits per heavy atom. The lowest BCUT2D eigenvalue weighted by molar-refractivity contribution is -0.389. The van der Waals surface area contributed by atoms with E-state index in [0.717, 1.165) is 7.11 Å². The lowest BCUT2D eigenvalue weighted by atomic mass is 10.0. The molecule has 7 nitrogen and oxygen atoms in total. The number of aromatic nitrogens is 1. The molecule has 9 heteroatoms. The number of ether oxygens (including phenoxy) is 1. The molecule has 0 aromatic carbocycles. The predicted octanol–water partition coefficient (Wildman–Crippen LogP) is 1.51. The lowest BCUT2D eigenvalue weighted by Gasteiger charge is -2.08. The van der Waals surface area contributed by atoms with Gasteiger partial charge in [-0.15, -0.1) is 0 Å². The molecular formula is C10H7F2N3O4. The van der Waals surface area contributed by atoms with Crippen LogP contribution >= 0.6 is 0 Å². The predicted molar refractivity (Wildman–Crippen MR) is 56.3 cm³/mol. The first-order chi connectivity index (χ1) is 8.92. The average molecular weight is 271 g/mol. The smallest absolute Gasteiger partial charge is 0.381 e. The molecule has 0 aliphatic carbocycles. The molecule has 0 saturated heterocycles. The van der Waals surface area contributed by atoms with Crippen LogP contribution in [-0.2, 0) is 16.0 Å². The highest BCUT2D eigenvalue weighted by atomic mass is 19.3. The van der Waals surface area contributed by atoms with Crippen LogP contribution in [-0.4, -0.2) is 23.0 Å². The van der Waals surface area contributed by atoms with E-state index in [1.165, 1.54) is 6.07 Å². The van der Waals surface area contributed by atoms with Gasteiger partial charge in [-0.25, -0.2) is 8.78 Å². The van der Waals surface area contributed by atoms with Gasteiger partial charge in [0, 0.05) is 5.56 Å². The summed E-state index contributed by atoms with van der Waals surface area (Å²) in [5.74, 6) is -1.76. The summed E-state index contributed by atoms with van der Waals surface area (Å²) in [5, 5.41) is 19.5. The number of hydrogen-bond acceptors (Lipinski definition) is 6. The molecule has 0 aliphatic heterocycles. The first-order valence-corrected chi connectivity index (χ1v) is 4.83. The van der Waals surface area contributed by atoms with Crippen LogP contribution in [0.4, 0.5) is 14.6 Å². The Kier molecular flexibility index (Phi) is 4.41. The summed E-state index contributed by atoms with van der Waals surface area (Å²) in [6.45, 7) is 0. The van der Waals surface area contributed by atoms with Gasteiger partial charge < -0.3 is 14.9 Å². The summed E-state index contributed by atoms with van der Waals surface area (Å²) < 4.78 is 29.8. The van der Waals surface area contributed by atoms with Crippen molar-refractivity contribution in [2.24, 2.45) is 0 Å². The van der Waals surface area contributed by atoms with Gasteiger partial charge in [0.15, 0.2) is 5.56 Å². The molecule has 0 unspecified atom stereocenters. The van der Waals surface area contributed by atoms with Crippen LogP contribution in [0, 0.1) is 21.4 Å². The summed E-state index contributed by atoms with van der Waals surface area (Å²) in [4.78, 5) is 24.0. The highest BCUT2D eigenvalue weighted by Crippen LogP contribution is 2.29. The van der Waals surface area contributed by atoms with E-state index in [-0.39, 0.29) is 0 Å². The van der Waals surface area contributed by atoms with E-state index in [1.807, 2.05) is 0 Å². The number of alkyl halides is 2. The number of methoxy groups -OCH3 is 1. The molecule has 0 atom stereocenters. The largest absolute Gasteiger partial charge is 0.469 e. The van der Waals surface area contributed by atoms with Gasteiger partial charge in [0.25, 0.3) is 6.43 Å². The van der Waals surface area contributed by atoms with Crippen LogP contribution in [0.15, 0.2) is 6.20 Å². The maximum absolute atomic E-state index is 12.8. The number of carbonyl (C=O) groups excluding carboxylic acids is 1. The molecule has 0 amide bonds. The summed E-state index contributed by atoms with van der Waals surface area (Å²) in [6, 6.07) is 1.42. The van der Waals surface area contributed by atoms with Gasteiger partial charge in [0.05, 0.1) is 19.1 Å². The molecular weight excluding hydrogens is 264 g/mol. The first-order valence-electron chi connectivity index (χ1n) is 4.83. The topological polar surface area (TPSA) is 106 Å². The normalized spacial score (nSPS) is 10.1. The van der Waals surface area contributed by atoms with Gasteiger partial charge in [-0.2, -0.15) is 5.26 Å². The molecule has 1 rings (SSSR count). The van der Waals surface area contributed by atoms with E-state index < -0.39 is 46.2 Å². The van der Waals surface area contributed by atoms with Crippen molar-refractivity contribution in [1.29, 1.82) is 5.26 Å². The zero-order chi connectivity index (χ0) is 14.6. The van der Waals surface area contributed by atoms with Gasteiger partial charge in [0.1, 0.15) is 12.3 Å². The Bertz CT molecular complexity index is 569. The zero-order valence-electron chi connectivity index (χ0n) is 9.59. The number of carbonyl (C=O) groups is 1. The number of halogens is 2. The number of hydrogen-bond donors (Lipinski definition) is 0. The van der Waals surface area contributed by atoms with E-state index in [2.05, 4.69) is 9.72 Å². The van der Waals surface area contributed by atoms with Gasteiger partial charge in [-0.3, -0.25) is 4.79 Å². The molecule has 0 fully saturated rings. The molecule has 0 radical (unpaired) electrons. The van der Waals surface area contributed by atoms with Crippen LogP contribution in [0.3, 0.4) is 0 Å². The number of nitro groups is 1. The molecule has 0 N–H and O–H groups in total. The van der Waals surface area contributed by atoms with Gasteiger partial charge in [-0.1, -0.05) is 0 Å². The fraction of sp³-hybridized carbons (Fsp3) is 0.300. The van der Waals surface area contributed by atoms with Crippen molar-refractivity contribution >= 4 is 11.8 Å². The Balaban J connectivity index is 3.51. The van der Waals surface area contributed by atoms with E-state index >= 15 is 0 Å². The van der Waals surface area contributed by atoms with Gasteiger partial charge >= 0.3 is 11.8 Å². The number of pyridine rings is 1. The number of rotatable bonds is 4. The number of nitriles is 1. The van der Waals surface area contributed by atoms with E-state index in [4.69, 9.17) is 5.26 Å². The van der Waals surface area contributed by atoms with E-state index in [0.29, 0.717) is 6.20 Å². The lowest BCUT2D eigenvalue weighted by Crippen LogP contribution is -2.11.